The van der Waals surface area contributed by atoms with Crippen LogP contribution in [0.15, 0.2) is 79.0 Å². The topological polar surface area (TPSA) is 80.8 Å². The SMILES string of the molecule is CCN(CC)CCOc1cccc(CN(CCc2c[nH]c3ccccc23)C2CCc3cc(/C=C/C(=O)NO)ccc32)c1. The van der Waals surface area contributed by atoms with Crippen LogP contribution in [0.2, 0.25) is 0 Å². The van der Waals surface area contributed by atoms with Crippen molar-refractivity contribution in [2.24, 2.45) is 0 Å². The third kappa shape index (κ3) is 7.29. The first kappa shape index (κ1) is 29.6. The van der Waals surface area contributed by atoms with E-state index < -0.39 is 5.91 Å². The Balaban J connectivity index is 1.35. The summed E-state index contributed by atoms with van der Waals surface area (Å²) in [5, 5.41) is 10.1. The van der Waals surface area contributed by atoms with E-state index in [0.717, 1.165) is 63.3 Å². The van der Waals surface area contributed by atoms with Crippen LogP contribution in [0.4, 0.5) is 0 Å². The summed E-state index contributed by atoms with van der Waals surface area (Å²) in [6.45, 7) is 9.80. The molecule has 1 atom stereocenters. The number of hydrogen-bond donors (Lipinski definition) is 3. The normalized spacial score (nSPS) is 14.7. The lowest BCUT2D eigenvalue weighted by Gasteiger charge is -2.30. The minimum atomic E-state index is -0.531. The second kappa shape index (κ2) is 14.3. The molecule has 0 saturated heterocycles. The molecule has 0 spiro atoms. The highest BCUT2D eigenvalue weighted by Crippen LogP contribution is 2.38. The highest BCUT2D eigenvalue weighted by atomic mass is 16.5. The summed E-state index contributed by atoms with van der Waals surface area (Å²) in [7, 11) is 0. The minimum absolute atomic E-state index is 0.302. The molecule has 0 fully saturated rings. The molecule has 220 valence electrons. The van der Waals surface area contributed by atoms with Crippen LogP contribution in [0, 0.1) is 0 Å². The minimum Gasteiger partial charge on any atom is -0.492 e. The van der Waals surface area contributed by atoms with Gasteiger partial charge in [-0.05, 0) is 84.4 Å². The van der Waals surface area contributed by atoms with Crippen molar-refractivity contribution in [3.63, 3.8) is 0 Å². The number of benzene rings is 3. The van der Waals surface area contributed by atoms with Crippen molar-refractivity contribution in [1.29, 1.82) is 0 Å². The van der Waals surface area contributed by atoms with Gasteiger partial charge in [-0.3, -0.25) is 14.9 Å². The molecule has 0 aliphatic heterocycles. The molecule has 7 nitrogen and oxygen atoms in total. The number of likely N-dealkylation sites (N-methyl/N-ethyl adjacent to an activating group) is 1. The lowest BCUT2D eigenvalue weighted by Crippen LogP contribution is -2.29. The summed E-state index contributed by atoms with van der Waals surface area (Å²) in [6.07, 6.45) is 8.22. The van der Waals surface area contributed by atoms with Gasteiger partial charge in [0.05, 0.1) is 0 Å². The van der Waals surface area contributed by atoms with Crippen LogP contribution in [0.5, 0.6) is 5.75 Å². The number of amides is 1. The Morgan fingerprint density at radius 2 is 1.93 bits per heavy atom. The molecule has 1 unspecified atom stereocenters. The maximum atomic E-state index is 11.5. The van der Waals surface area contributed by atoms with Crippen LogP contribution in [0.1, 0.15) is 54.1 Å². The van der Waals surface area contributed by atoms with E-state index in [0.29, 0.717) is 12.6 Å². The van der Waals surface area contributed by atoms with Crippen molar-refractivity contribution in [2.75, 3.05) is 32.8 Å². The van der Waals surface area contributed by atoms with E-state index in [-0.39, 0.29) is 0 Å². The van der Waals surface area contributed by atoms with Gasteiger partial charge in [-0.2, -0.15) is 0 Å². The van der Waals surface area contributed by atoms with E-state index in [9.17, 15) is 4.79 Å². The molecule has 3 N–H and O–H groups in total. The molecule has 1 aromatic heterocycles. The highest BCUT2D eigenvalue weighted by molar-refractivity contribution is 5.90. The number of para-hydroxylation sites is 1. The van der Waals surface area contributed by atoms with E-state index in [1.54, 1.807) is 11.6 Å². The van der Waals surface area contributed by atoms with Crippen molar-refractivity contribution in [2.45, 2.75) is 45.7 Å². The second-order valence-electron chi connectivity index (χ2n) is 10.9. The molecule has 42 heavy (non-hydrogen) atoms. The van der Waals surface area contributed by atoms with Gasteiger partial charge in [-0.1, -0.05) is 62.4 Å². The molecule has 1 aliphatic carbocycles. The second-order valence-corrected chi connectivity index (χ2v) is 10.9. The fourth-order valence-electron chi connectivity index (χ4n) is 6.06. The van der Waals surface area contributed by atoms with Crippen LogP contribution in [-0.2, 0) is 24.2 Å². The van der Waals surface area contributed by atoms with Crippen LogP contribution >= 0.6 is 0 Å². The number of H-pyrrole nitrogens is 1. The average Bonchev–Trinajstić information content (AvgIpc) is 3.64. The van der Waals surface area contributed by atoms with Gasteiger partial charge in [-0.15, -0.1) is 0 Å². The van der Waals surface area contributed by atoms with E-state index in [2.05, 4.69) is 102 Å². The first-order valence-electron chi connectivity index (χ1n) is 15.1. The number of hydroxylamine groups is 1. The van der Waals surface area contributed by atoms with Gasteiger partial charge in [0.15, 0.2) is 0 Å². The van der Waals surface area contributed by atoms with Crippen LogP contribution in [0.25, 0.3) is 17.0 Å². The molecule has 7 heteroatoms. The van der Waals surface area contributed by atoms with E-state index in [4.69, 9.17) is 9.94 Å². The Kier molecular flexibility index (Phi) is 10.1. The Hall–Kier alpha value is -3.91. The molecule has 3 aromatic carbocycles. The number of carbonyl (C=O) groups excluding carboxylic acids is 1. The zero-order valence-corrected chi connectivity index (χ0v) is 24.7. The largest absolute Gasteiger partial charge is 0.492 e. The number of aryl methyl sites for hydroxylation is 1. The molecule has 1 aliphatic rings. The zero-order valence-electron chi connectivity index (χ0n) is 24.7. The lowest BCUT2D eigenvalue weighted by molar-refractivity contribution is -0.124. The van der Waals surface area contributed by atoms with Gasteiger partial charge < -0.3 is 14.6 Å². The van der Waals surface area contributed by atoms with Crippen molar-refractivity contribution in [1.82, 2.24) is 20.3 Å². The molecule has 0 saturated carbocycles. The monoisotopic (exact) mass is 566 g/mol. The summed E-state index contributed by atoms with van der Waals surface area (Å²) in [5.41, 5.74) is 9.03. The number of aromatic amines is 1. The van der Waals surface area contributed by atoms with Gasteiger partial charge >= 0.3 is 0 Å². The summed E-state index contributed by atoms with van der Waals surface area (Å²) < 4.78 is 6.16. The molecule has 0 bridgehead atoms. The number of carbonyl (C=O) groups is 1. The van der Waals surface area contributed by atoms with Gasteiger partial charge in [0, 0.05) is 48.9 Å². The van der Waals surface area contributed by atoms with Gasteiger partial charge in [0.2, 0.25) is 0 Å². The number of fused-ring (bicyclic) bond motifs is 2. The quantitative estimate of drug-likeness (QED) is 0.0971. The third-order valence-electron chi connectivity index (χ3n) is 8.39. The predicted octanol–water partition coefficient (Wildman–Crippen LogP) is 6.14. The van der Waals surface area contributed by atoms with Crippen molar-refractivity contribution in [3.8, 4) is 5.75 Å². The molecule has 4 aromatic rings. The first-order valence-corrected chi connectivity index (χ1v) is 15.1. The first-order chi connectivity index (χ1) is 20.6. The molecule has 1 heterocycles. The maximum absolute atomic E-state index is 11.5. The Morgan fingerprint density at radius 1 is 1.07 bits per heavy atom. The molecule has 1 amide bonds. The number of ether oxygens (including phenoxy) is 1. The third-order valence-corrected chi connectivity index (χ3v) is 8.39. The predicted molar refractivity (Wildman–Crippen MR) is 169 cm³/mol. The number of hydrogen-bond acceptors (Lipinski definition) is 5. The standard InChI is InChI=1S/C35H42N4O3/c1-3-38(4-2)20-21-42-30-9-7-8-27(23-30)25-39(19-18-29-24-36-33-11-6-5-10-31(29)33)34-16-14-28-22-26(12-15-32(28)34)13-17-35(40)37-41/h5-13,15,17,22-24,34,36,41H,3-4,14,16,18-21,25H2,1-2H3,(H,37,40)/b17-13+. The number of nitrogens with one attached hydrogen (secondary N) is 2. The van der Waals surface area contributed by atoms with Gasteiger partial charge in [-0.25, -0.2) is 5.48 Å². The van der Waals surface area contributed by atoms with Crippen LogP contribution < -0.4 is 10.2 Å². The summed E-state index contributed by atoms with van der Waals surface area (Å²) in [5.74, 6) is 0.391. The van der Waals surface area contributed by atoms with Crippen molar-refractivity contribution >= 4 is 22.9 Å². The van der Waals surface area contributed by atoms with Crippen molar-refractivity contribution in [3.05, 3.63) is 107 Å². The summed E-state index contributed by atoms with van der Waals surface area (Å²) in [4.78, 5) is 19.9. The number of nitrogens with zero attached hydrogens (tertiary/aromatic N) is 2. The Bertz CT molecular complexity index is 1510. The number of rotatable bonds is 14. The van der Waals surface area contributed by atoms with E-state index in [1.807, 2.05) is 0 Å². The number of aromatic nitrogens is 1. The fourth-order valence-corrected chi connectivity index (χ4v) is 6.06. The maximum Gasteiger partial charge on any atom is 0.267 e. The molecular formula is C35H42N4O3. The zero-order chi connectivity index (χ0) is 29.3. The fraction of sp³-hybridized carbons (Fsp3) is 0.343. The van der Waals surface area contributed by atoms with Crippen LogP contribution in [0.3, 0.4) is 0 Å². The van der Waals surface area contributed by atoms with E-state index >= 15 is 0 Å². The smallest absolute Gasteiger partial charge is 0.267 e. The van der Waals surface area contributed by atoms with Crippen molar-refractivity contribution < 1.29 is 14.7 Å². The molecular weight excluding hydrogens is 524 g/mol. The Morgan fingerprint density at radius 3 is 2.76 bits per heavy atom. The van der Waals surface area contributed by atoms with E-state index in [1.165, 1.54) is 39.2 Å². The average molecular weight is 567 g/mol. The summed E-state index contributed by atoms with van der Waals surface area (Å²) in [6, 6.07) is 23.8. The molecule has 5 rings (SSSR count). The lowest BCUT2D eigenvalue weighted by atomic mass is 10.0. The molecule has 0 radical (unpaired) electrons. The van der Waals surface area contributed by atoms with Gasteiger partial charge in [0.25, 0.3) is 5.91 Å². The Labute approximate surface area is 248 Å². The highest BCUT2D eigenvalue weighted by Gasteiger charge is 2.28. The van der Waals surface area contributed by atoms with Gasteiger partial charge in [0.1, 0.15) is 12.4 Å². The summed E-state index contributed by atoms with van der Waals surface area (Å²) >= 11 is 0. The van der Waals surface area contributed by atoms with Crippen LogP contribution in [-0.4, -0.2) is 58.7 Å².